The van der Waals surface area contributed by atoms with Crippen molar-refractivity contribution in [3.63, 3.8) is 0 Å². The van der Waals surface area contributed by atoms with E-state index in [-0.39, 0.29) is 36.2 Å². The highest BCUT2D eigenvalue weighted by Crippen LogP contribution is 2.21. The van der Waals surface area contributed by atoms with Gasteiger partial charge in [0.2, 0.25) is 17.7 Å². The number of nitrogens with zero attached hydrogens (tertiary/aromatic N) is 2. The van der Waals surface area contributed by atoms with Gasteiger partial charge in [-0.25, -0.2) is 0 Å². The maximum Gasteiger partial charge on any atom is 0.245 e. The first-order valence-electron chi connectivity index (χ1n) is 10.9. The molecule has 2 rings (SSSR count). The topological polar surface area (TPSA) is 95.7 Å². The minimum Gasteiger partial charge on any atom is -0.343 e. The lowest BCUT2D eigenvalue weighted by molar-refractivity contribution is -0.139. The first-order chi connectivity index (χ1) is 14.3. The van der Waals surface area contributed by atoms with E-state index >= 15 is 0 Å². The van der Waals surface area contributed by atoms with Gasteiger partial charge in [-0.05, 0) is 37.2 Å². The molecule has 1 fully saturated rings. The highest BCUT2D eigenvalue weighted by Gasteiger charge is 2.36. The Hall–Kier alpha value is -2.41. The zero-order valence-electron chi connectivity index (χ0n) is 18.5. The minimum absolute atomic E-state index is 0.0193. The van der Waals surface area contributed by atoms with Crippen molar-refractivity contribution in [2.75, 3.05) is 26.2 Å². The molecule has 0 aliphatic carbocycles. The Morgan fingerprint density at radius 2 is 1.93 bits per heavy atom. The first kappa shape index (κ1) is 23.9. The van der Waals surface area contributed by atoms with Crippen molar-refractivity contribution in [1.82, 2.24) is 15.1 Å². The number of carbonyl (C=O) groups is 3. The minimum atomic E-state index is -0.592. The van der Waals surface area contributed by atoms with E-state index in [1.165, 1.54) is 5.56 Å². The smallest absolute Gasteiger partial charge is 0.245 e. The number of likely N-dealkylation sites (tertiary alicyclic amines) is 1. The van der Waals surface area contributed by atoms with Crippen molar-refractivity contribution in [3.8, 4) is 0 Å². The molecule has 1 aliphatic rings. The number of carbonyl (C=O) groups excluding carboxylic acids is 3. The van der Waals surface area contributed by atoms with E-state index in [4.69, 9.17) is 5.73 Å². The molecule has 0 radical (unpaired) electrons. The van der Waals surface area contributed by atoms with Gasteiger partial charge in [-0.2, -0.15) is 0 Å². The molecule has 166 valence electrons. The molecule has 3 amide bonds. The number of aryl methyl sites for hydroxylation is 1. The molecule has 0 aromatic heterocycles. The average molecular weight is 417 g/mol. The fourth-order valence-electron chi connectivity index (χ4n) is 3.99. The first-order valence-corrected chi connectivity index (χ1v) is 10.9. The summed E-state index contributed by atoms with van der Waals surface area (Å²) < 4.78 is 0. The number of nitrogens with one attached hydrogen (secondary N) is 1. The van der Waals surface area contributed by atoms with Crippen LogP contribution >= 0.6 is 0 Å². The van der Waals surface area contributed by atoms with Crippen LogP contribution in [0, 0.1) is 5.92 Å². The summed E-state index contributed by atoms with van der Waals surface area (Å²) in [6, 6.07) is 9.62. The summed E-state index contributed by atoms with van der Waals surface area (Å²) in [7, 11) is 0. The highest BCUT2D eigenvalue weighted by molar-refractivity contribution is 5.88. The zero-order valence-corrected chi connectivity index (χ0v) is 18.5. The summed E-state index contributed by atoms with van der Waals surface area (Å²) in [5, 5.41) is 2.76. The van der Waals surface area contributed by atoms with Gasteiger partial charge in [0, 0.05) is 32.6 Å². The molecule has 7 nitrogen and oxygen atoms in total. The number of amides is 3. The quantitative estimate of drug-likeness (QED) is 0.605. The fourth-order valence-corrected chi connectivity index (χ4v) is 3.99. The number of rotatable bonds is 10. The average Bonchev–Trinajstić information content (AvgIpc) is 3.19. The van der Waals surface area contributed by atoms with Crippen LogP contribution in [0.4, 0.5) is 0 Å². The summed E-state index contributed by atoms with van der Waals surface area (Å²) in [6.45, 7) is 7.13. The predicted molar refractivity (Wildman–Crippen MR) is 118 cm³/mol. The van der Waals surface area contributed by atoms with Crippen molar-refractivity contribution in [2.45, 2.75) is 58.5 Å². The van der Waals surface area contributed by atoms with Gasteiger partial charge in [-0.3, -0.25) is 14.4 Å². The van der Waals surface area contributed by atoms with Crippen LogP contribution in [0.25, 0.3) is 0 Å². The third-order valence-corrected chi connectivity index (χ3v) is 5.71. The predicted octanol–water partition coefficient (Wildman–Crippen LogP) is 1.56. The van der Waals surface area contributed by atoms with Crippen LogP contribution in [0.2, 0.25) is 0 Å². The Morgan fingerprint density at radius 3 is 2.53 bits per heavy atom. The van der Waals surface area contributed by atoms with Crippen molar-refractivity contribution >= 4 is 17.7 Å². The monoisotopic (exact) mass is 416 g/mol. The van der Waals surface area contributed by atoms with E-state index in [0.717, 1.165) is 25.7 Å². The molecule has 1 aliphatic heterocycles. The van der Waals surface area contributed by atoms with Gasteiger partial charge in [0.05, 0.1) is 6.54 Å². The van der Waals surface area contributed by atoms with Gasteiger partial charge in [0.1, 0.15) is 6.04 Å². The van der Waals surface area contributed by atoms with Crippen LogP contribution < -0.4 is 11.1 Å². The standard InChI is InChI=1S/C23H36N4O3/c1-17(2)22(25-21(29)15-24)23(30)27-14-8-12-20(27)16-26(18(3)28)13-7-11-19-9-5-4-6-10-19/h4-6,9-10,17,20,22H,7-8,11-16,24H2,1-3H3,(H,25,29). The summed E-state index contributed by atoms with van der Waals surface area (Å²) in [6.07, 6.45) is 3.57. The van der Waals surface area contributed by atoms with Crippen LogP contribution in [0.1, 0.15) is 45.6 Å². The van der Waals surface area contributed by atoms with Crippen LogP contribution in [0.3, 0.4) is 0 Å². The number of hydrogen-bond donors (Lipinski definition) is 2. The van der Waals surface area contributed by atoms with Gasteiger partial charge in [0.15, 0.2) is 0 Å². The molecule has 2 atom stereocenters. The van der Waals surface area contributed by atoms with Gasteiger partial charge in [0.25, 0.3) is 0 Å². The second-order valence-electron chi connectivity index (χ2n) is 8.38. The number of benzene rings is 1. The fraction of sp³-hybridized carbons (Fsp3) is 0.609. The molecule has 7 heteroatoms. The molecular formula is C23H36N4O3. The summed E-state index contributed by atoms with van der Waals surface area (Å²) >= 11 is 0. The number of nitrogens with two attached hydrogens (primary N) is 1. The van der Waals surface area contributed by atoms with Gasteiger partial charge < -0.3 is 20.9 Å². The molecule has 0 bridgehead atoms. The Morgan fingerprint density at radius 1 is 1.23 bits per heavy atom. The largest absolute Gasteiger partial charge is 0.343 e. The lowest BCUT2D eigenvalue weighted by Crippen LogP contribution is -2.55. The summed E-state index contributed by atoms with van der Waals surface area (Å²) in [5.74, 6) is -0.422. The van der Waals surface area contributed by atoms with Gasteiger partial charge in [-0.1, -0.05) is 44.2 Å². The van der Waals surface area contributed by atoms with Gasteiger partial charge in [-0.15, -0.1) is 0 Å². The molecule has 0 saturated carbocycles. The van der Waals surface area contributed by atoms with Crippen LogP contribution in [0.15, 0.2) is 30.3 Å². The van der Waals surface area contributed by atoms with E-state index in [0.29, 0.717) is 19.6 Å². The second-order valence-corrected chi connectivity index (χ2v) is 8.38. The van der Waals surface area contributed by atoms with Crippen LogP contribution in [-0.2, 0) is 20.8 Å². The molecule has 1 saturated heterocycles. The Balaban J connectivity index is 1.98. The second kappa shape index (κ2) is 11.7. The van der Waals surface area contributed by atoms with Crippen LogP contribution in [-0.4, -0.2) is 65.8 Å². The lowest BCUT2D eigenvalue weighted by atomic mass is 10.0. The van der Waals surface area contributed by atoms with Crippen molar-refractivity contribution in [3.05, 3.63) is 35.9 Å². The molecule has 0 spiro atoms. The van der Waals surface area contributed by atoms with Crippen molar-refractivity contribution < 1.29 is 14.4 Å². The lowest BCUT2D eigenvalue weighted by Gasteiger charge is -2.34. The van der Waals surface area contributed by atoms with E-state index in [1.807, 2.05) is 41.8 Å². The molecular weight excluding hydrogens is 380 g/mol. The van der Waals surface area contributed by atoms with E-state index in [9.17, 15) is 14.4 Å². The molecule has 3 N–H and O–H groups in total. The third-order valence-electron chi connectivity index (χ3n) is 5.71. The van der Waals surface area contributed by atoms with E-state index in [2.05, 4.69) is 17.4 Å². The molecule has 2 unspecified atom stereocenters. The Kier molecular flexibility index (Phi) is 9.30. The molecule has 1 aromatic carbocycles. The Labute approximate surface area is 180 Å². The van der Waals surface area contributed by atoms with E-state index in [1.54, 1.807) is 6.92 Å². The third kappa shape index (κ3) is 6.83. The number of hydrogen-bond acceptors (Lipinski definition) is 4. The maximum absolute atomic E-state index is 13.2. The normalized spacial score (nSPS) is 17.1. The molecule has 1 aromatic rings. The summed E-state index contributed by atoms with van der Waals surface area (Å²) in [4.78, 5) is 40.9. The summed E-state index contributed by atoms with van der Waals surface area (Å²) in [5.41, 5.74) is 6.67. The van der Waals surface area contributed by atoms with Crippen LogP contribution in [0.5, 0.6) is 0 Å². The molecule has 1 heterocycles. The Bertz CT molecular complexity index is 708. The van der Waals surface area contributed by atoms with Gasteiger partial charge >= 0.3 is 0 Å². The highest BCUT2D eigenvalue weighted by atomic mass is 16.2. The molecule has 30 heavy (non-hydrogen) atoms. The van der Waals surface area contributed by atoms with Crippen molar-refractivity contribution in [1.29, 1.82) is 0 Å². The SMILES string of the molecule is CC(=O)N(CCCc1ccccc1)CC1CCCN1C(=O)C(NC(=O)CN)C(C)C. The maximum atomic E-state index is 13.2. The van der Waals surface area contributed by atoms with Crippen molar-refractivity contribution in [2.24, 2.45) is 11.7 Å². The van der Waals surface area contributed by atoms with E-state index < -0.39 is 6.04 Å². The zero-order chi connectivity index (χ0) is 22.1.